The second kappa shape index (κ2) is 8.41. The van der Waals surface area contributed by atoms with Gasteiger partial charge in [0.1, 0.15) is 5.92 Å². The first-order valence-electron chi connectivity index (χ1n) is 10.2. The number of carbonyl (C=O) groups is 2. The lowest BCUT2D eigenvalue weighted by molar-refractivity contribution is -0.137. The van der Waals surface area contributed by atoms with Crippen LogP contribution in [-0.4, -0.2) is 17.9 Å². The lowest BCUT2D eigenvalue weighted by Gasteiger charge is -2.29. The number of benzene rings is 3. The van der Waals surface area contributed by atoms with Crippen molar-refractivity contribution in [3.63, 3.8) is 0 Å². The Labute approximate surface area is 205 Å². The highest BCUT2D eigenvalue weighted by molar-refractivity contribution is 9.10. The van der Waals surface area contributed by atoms with Gasteiger partial charge in [0.15, 0.2) is 6.10 Å². The Hall–Kier alpha value is -2.88. The minimum Gasteiger partial charge on any atom is -0.273 e. The first-order chi connectivity index (χ1) is 16.1. The first-order valence-corrected chi connectivity index (χ1v) is 11.3. The Morgan fingerprint density at radius 1 is 0.882 bits per heavy atom. The van der Waals surface area contributed by atoms with Crippen molar-refractivity contribution in [3.05, 3.63) is 93.4 Å². The molecule has 2 fully saturated rings. The molecule has 3 aromatic carbocycles. The fourth-order valence-electron chi connectivity index (χ4n) is 4.33. The number of anilines is 2. The molecule has 0 aromatic heterocycles. The summed E-state index contributed by atoms with van der Waals surface area (Å²) in [6, 6.07) is 17.4. The van der Waals surface area contributed by atoms with Gasteiger partial charge >= 0.3 is 6.18 Å². The maximum Gasteiger partial charge on any atom is 0.416 e. The van der Waals surface area contributed by atoms with E-state index in [-0.39, 0.29) is 5.69 Å². The summed E-state index contributed by atoms with van der Waals surface area (Å²) in [6.07, 6.45) is -5.81. The minimum atomic E-state index is -4.61. The van der Waals surface area contributed by atoms with Crippen LogP contribution in [-0.2, 0) is 20.6 Å². The molecule has 0 N–H and O–H groups in total. The van der Waals surface area contributed by atoms with Gasteiger partial charge in [0.25, 0.3) is 5.91 Å². The molecule has 2 amide bonds. The topological polar surface area (TPSA) is 49.9 Å². The van der Waals surface area contributed by atoms with Crippen molar-refractivity contribution in [2.75, 3.05) is 9.96 Å². The largest absolute Gasteiger partial charge is 0.416 e. The molecule has 3 atom stereocenters. The molecule has 0 aliphatic carbocycles. The molecule has 174 valence electrons. The van der Waals surface area contributed by atoms with Crippen molar-refractivity contribution in [3.8, 4) is 0 Å². The van der Waals surface area contributed by atoms with Crippen molar-refractivity contribution < 1.29 is 27.6 Å². The number of hydrogen-bond acceptors (Lipinski definition) is 4. The van der Waals surface area contributed by atoms with Gasteiger partial charge in [-0.3, -0.25) is 14.4 Å². The summed E-state index contributed by atoms with van der Waals surface area (Å²) in [5.74, 6) is -2.32. The number of imide groups is 1. The molecule has 3 aromatic rings. The number of halogens is 5. The highest BCUT2D eigenvalue weighted by Crippen LogP contribution is 2.48. The maximum atomic E-state index is 13.5. The molecule has 0 spiro atoms. The highest BCUT2D eigenvalue weighted by Gasteiger charge is 2.60. The molecule has 2 heterocycles. The molecule has 5 nitrogen and oxygen atoms in total. The number of amides is 2. The average molecular weight is 552 g/mol. The van der Waals surface area contributed by atoms with Gasteiger partial charge in [0.2, 0.25) is 5.91 Å². The van der Waals surface area contributed by atoms with Crippen LogP contribution < -0.4 is 9.96 Å². The molecule has 0 saturated carbocycles. The van der Waals surface area contributed by atoms with E-state index >= 15 is 0 Å². The first kappa shape index (κ1) is 22.9. The van der Waals surface area contributed by atoms with Crippen LogP contribution in [0.2, 0.25) is 5.02 Å². The van der Waals surface area contributed by atoms with Gasteiger partial charge in [-0.25, -0.2) is 9.96 Å². The number of carbonyl (C=O) groups excluding carboxylic acids is 2. The molecule has 2 aliphatic heterocycles. The fourth-order valence-corrected chi connectivity index (χ4v) is 4.84. The van der Waals surface area contributed by atoms with E-state index in [4.69, 9.17) is 16.4 Å². The number of hydrogen-bond donors (Lipinski definition) is 0. The minimum absolute atomic E-state index is 0.147. The molecule has 0 radical (unpaired) electrons. The van der Waals surface area contributed by atoms with Crippen molar-refractivity contribution in [1.29, 1.82) is 0 Å². The lowest BCUT2D eigenvalue weighted by atomic mass is 9.90. The van der Waals surface area contributed by atoms with Crippen LogP contribution in [0.4, 0.5) is 24.5 Å². The predicted molar refractivity (Wildman–Crippen MR) is 123 cm³/mol. The SMILES string of the molecule is O=C1[C@@H]2[C@@H](ON(c3cccc(Br)c3)[C@H]2c2ccc(Cl)cc2)C(=O)N1c1cccc(C(F)(F)F)c1. The van der Waals surface area contributed by atoms with Crippen molar-refractivity contribution in [1.82, 2.24) is 0 Å². The summed E-state index contributed by atoms with van der Waals surface area (Å²) in [7, 11) is 0. The van der Waals surface area contributed by atoms with Gasteiger partial charge in [-0.1, -0.05) is 51.8 Å². The summed E-state index contributed by atoms with van der Waals surface area (Å²) < 4.78 is 40.5. The smallest absolute Gasteiger partial charge is 0.273 e. The maximum absolute atomic E-state index is 13.5. The van der Waals surface area contributed by atoms with Crippen LogP contribution in [0.3, 0.4) is 0 Å². The fraction of sp³-hybridized carbons (Fsp3) is 0.167. The summed E-state index contributed by atoms with van der Waals surface area (Å²) in [5.41, 5.74) is 0.180. The van der Waals surface area contributed by atoms with E-state index in [1.807, 2.05) is 6.07 Å². The molecule has 0 bridgehead atoms. The molecular formula is C24H15BrClF3N2O3. The summed E-state index contributed by atoms with van der Waals surface area (Å²) in [4.78, 5) is 33.6. The van der Waals surface area contributed by atoms with Crippen molar-refractivity contribution >= 4 is 50.7 Å². The highest BCUT2D eigenvalue weighted by atomic mass is 79.9. The van der Waals surface area contributed by atoms with Crippen LogP contribution in [0, 0.1) is 5.92 Å². The van der Waals surface area contributed by atoms with E-state index in [2.05, 4.69) is 15.9 Å². The number of hydroxylamine groups is 1. The normalized spacial score (nSPS) is 22.4. The standard InChI is InChI=1S/C24H15BrClF3N2O3/c25-15-4-2-6-18(12-15)31-20(13-7-9-16(26)10-8-13)19-21(34-31)23(33)30(22(19)32)17-5-1-3-14(11-17)24(27,28)29/h1-12,19-21H/t19-,20-,21+/m0/s1. The lowest BCUT2D eigenvalue weighted by Crippen LogP contribution is -2.37. The monoisotopic (exact) mass is 550 g/mol. The van der Waals surface area contributed by atoms with Gasteiger partial charge in [0, 0.05) is 9.50 Å². The Morgan fingerprint density at radius 3 is 2.24 bits per heavy atom. The van der Waals surface area contributed by atoms with Crippen molar-refractivity contribution in [2.24, 2.45) is 5.92 Å². The Kier molecular flexibility index (Phi) is 5.66. The second-order valence-corrected chi connectivity index (χ2v) is 9.27. The van der Waals surface area contributed by atoms with E-state index in [1.165, 1.54) is 11.1 Å². The molecular weight excluding hydrogens is 537 g/mol. The third-order valence-electron chi connectivity index (χ3n) is 5.82. The van der Waals surface area contributed by atoms with Gasteiger partial charge in [0.05, 0.1) is 23.0 Å². The molecule has 10 heteroatoms. The zero-order valence-corrected chi connectivity index (χ0v) is 19.5. The number of fused-ring (bicyclic) bond motifs is 1. The van der Waals surface area contributed by atoms with Crippen molar-refractivity contribution in [2.45, 2.75) is 18.3 Å². The van der Waals surface area contributed by atoms with E-state index in [0.717, 1.165) is 27.6 Å². The number of nitrogens with zero attached hydrogens (tertiary/aromatic N) is 2. The summed E-state index contributed by atoms with van der Waals surface area (Å²) >= 11 is 9.45. The van der Waals surface area contributed by atoms with E-state index < -0.39 is 41.6 Å². The Bertz CT molecular complexity index is 1280. The van der Waals surface area contributed by atoms with E-state index in [9.17, 15) is 22.8 Å². The molecule has 34 heavy (non-hydrogen) atoms. The molecule has 0 unspecified atom stereocenters. The molecule has 2 saturated heterocycles. The average Bonchev–Trinajstić information content (AvgIpc) is 3.30. The van der Waals surface area contributed by atoms with Crippen LogP contribution in [0.25, 0.3) is 0 Å². The van der Waals surface area contributed by atoms with Gasteiger partial charge < -0.3 is 0 Å². The molecule has 5 rings (SSSR count). The number of alkyl halides is 3. The van der Waals surface area contributed by atoms with Gasteiger partial charge in [-0.15, -0.1) is 0 Å². The Balaban J connectivity index is 1.57. The van der Waals surface area contributed by atoms with Gasteiger partial charge in [-0.05, 0) is 54.1 Å². The zero-order valence-electron chi connectivity index (χ0n) is 17.2. The van der Waals surface area contributed by atoms with Crippen LogP contribution >= 0.6 is 27.5 Å². The van der Waals surface area contributed by atoms with E-state index in [1.54, 1.807) is 42.5 Å². The quantitative estimate of drug-likeness (QED) is 0.365. The van der Waals surface area contributed by atoms with Gasteiger partial charge in [-0.2, -0.15) is 13.2 Å². The predicted octanol–water partition coefficient (Wildman–Crippen LogP) is 6.17. The Morgan fingerprint density at radius 2 is 1.56 bits per heavy atom. The third-order valence-corrected chi connectivity index (χ3v) is 6.57. The van der Waals surface area contributed by atoms with E-state index in [0.29, 0.717) is 16.3 Å². The third kappa shape index (κ3) is 3.87. The summed E-state index contributed by atoms with van der Waals surface area (Å²) in [6.45, 7) is 0. The van der Waals surface area contributed by atoms with Crippen LogP contribution in [0.1, 0.15) is 17.2 Å². The second-order valence-electron chi connectivity index (χ2n) is 7.91. The molecule has 2 aliphatic rings. The summed E-state index contributed by atoms with van der Waals surface area (Å²) in [5, 5.41) is 2.00. The van der Waals surface area contributed by atoms with Crippen LogP contribution in [0.15, 0.2) is 77.3 Å². The number of rotatable bonds is 3. The zero-order chi connectivity index (χ0) is 24.2. The van der Waals surface area contributed by atoms with Crippen LogP contribution in [0.5, 0.6) is 0 Å².